The lowest BCUT2D eigenvalue weighted by atomic mass is 10.2. The molecular weight excluding hydrogens is 382 g/mol. The van der Waals surface area contributed by atoms with Gasteiger partial charge in [0.25, 0.3) is 0 Å². The molecule has 0 saturated carbocycles. The van der Waals surface area contributed by atoms with E-state index in [1.54, 1.807) is 33.8 Å². The number of ether oxygens (including phenoxy) is 1. The molecule has 1 aromatic carbocycles. The Morgan fingerprint density at radius 1 is 1.31 bits per heavy atom. The molecule has 2 atom stereocenters. The largest absolute Gasteiger partial charge is 0.480 e. The maximum atomic E-state index is 12.9. The van der Waals surface area contributed by atoms with Crippen molar-refractivity contribution in [3.8, 4) is 0 Å². The van der Waals surface area contributed by atoms with Gasteiger partial charge < -0.3 is 9.84 Å². The summed E-state index contributed by atoms with van der Waals surface area (Å²) in [6, 6.07) is 3.28. The Kier molecular flexibility index (Phi) is 5.58. The Balaban J connectivity index is 2.34. The van der Waals surface area contributed by atoms with Crippen molar-refractivity contribution in [3.63, 3.8) is 0 Å². The van der Waals surface area contributed by atoms with Crippen molar-refractivity contribution < 1.29 is 27.9 Å². The average molecular weight is 404 g/mol. The predicted octanol–water partition coefficient (Wildman–Crippen LogP) is 2.88. The van der Waals surface area contributed by atoms with Gasteiger partial charge in [-0.2, -0.15) is 0 Å². The fourth-order valence-electron chi connectivity index (χ4n) is 2.79. The summed E-state index contributed by atoms with van der Waals surface area (Å²) in [5.41, 5.74) is -0.0173. The first-order chi connectivity index (χ1) is 11.8. The Morgan fingerprint density at radius 2 is 1.92 bits per heavy atom. The molecule has 1 saturated heterocycles. The van der Waals surface area contributed by atoms with E-state index in [9.17, 15) is 23.1 Å². The van der Waals surface area contributed by atoms with Crippen LogP contribution in [0.2, 0.25) is 5.02 Å². The highest BCUT2D eigenvalue weighted by molar-refractivity contribution is 7.92. The zero-order valence-corrected chi connectivity index (χ0v) is 16.6. The molecule has 9 heteroatoms. The van der Waals surface area contributed by atoms with Crippen LogP contribution in [0.15, 0.2) is 23.1 Å². The summed E-state index contributed by atoms with van der Waals surface area (Å²) in [6.45, 7) is 6.46. The maximum absolute atomic E-state index is 12.9. The van der Waals surface area contributed by atoms with Gasteiger partial charge in [-0.1, -0.05) is 17.7 Å². The molecule has 144 valence electrons. The fourth-order valence-corrected chi connectivity index (χ4v) is 5.09. The van der Waals surface area contributed by atoms with Crippen molar-refractivity contribution >= 4 is 33.5 Å². The zero-order valence-electron chi connectivity index (χ0n) is 15.0. The summed E-state index contributed by atoms with van der Waals surface area (Å²) in [4.78, 5) is 24.7. The van der Waals surface area contributed by atoms with Crippen LogP contribution in [0.25, 0.3) is 0 Å². The smallest absolute Gasteiger partial charge is 0.411 e. The number of carbonyl (C=O) groups excluding carboxylic acids is 1. The second-order valence-electron chi connectivity index (χ2n) is 7.32. The highest BCUT2D eigenvalue weighted by Gasteiger charge is 2.47. The molecule has 0 aromatic heterocycles. The Morgan fingerprint density at radius 3 is 2.42 bits per heavy atom. The number of aliphatic carboxylic acids is 1. The first kappa shape index (κ1) is 20.5. The summed E-state index contributed by atoms with van der Waals surface area (Å²) in [6.07, 6.45) is -1.07. The molecule has 1 aromatic rings. The molecule has 1 fully saturated rings. The van der Waals surface area contributed by atoms with Crippen molar-refractivity contribution in [3.05, 3.63) is 28.8 Å². The van der Waals surface area contributed by atoms with Crippen LogP contribution >= 0.6 is 11.6 Å². The minimum absolute atomic E-state index is 0.0649. The monoisotopic (exact) mass is 403 g/mol. The third-order valence-corrected chi connectivity index (χ3v) is 6.62. The van der Waals surface area contributed by atoms with E-state index in [-0.39, 0.29) is 22.9 Å². The molecule has 0 spiro atoms. The van der Waals surface area contributed by atoms with Crippen molar-refractivity contribution in [2.24, 2.45) is 0 Å². The van der Waals surface area contributed by atoms with E-state index >= 15 is 0 Å². The number of hydrogen-bond donors (Lipinski definition) is 1. The topological polar surface area (TPSA) is 101 Å². The van der Waals surface area contributed by atoms with Gasteiger partial charge in [-0.15, -0.1) is 0 Å². The minimum atomic E-state index is -3.91. The maximum Gasteiger partial charge on any atom is 0.411 e. The highest BCUT2D eigenvalue weighted by atomic mass is 35.5. The SMILES string of the molecule is Cc1ccc(S(=O)(=O)[C@@H]2C[C@@H](C(=O)O)N(C(=O)OC(C)(C)C)C2)c(Cl)c1. The number of amides is 1. The number of halogens is 1. The number of rotatable bonds is 3. The molecule has 0 aliphatic carbocycles. The van der Waals surface area contributed by atoms with Crippen LogP contribution in [-0.4, -0.2) is 53.9 Å². The summed E-state index contributed by atoms with van der Waals surface area (Å²) in [7, 11) is -3.91. The molecule has 7 nitrogen and oxygen atoms in total. The lowest BCUT2D eigenvalue weighted by Crippen LogP contribution is -2.43. The molecular formula is C17H22ClNO6S. The van der Waals surface area contributed by atoms with E-state index in [0.717, 1.165) is 10.5 Å². The number of carboxylic acids is 1. The normalized spacial score (nSPS) is 20.9. The number of nitrogens with zero attached hydrogens (tertiary/aromatic N) is 1. The van der Waals surface area contributed by atoms with E-state index in [1.807, 2.05) is 0 Å². The highest BCUT2D eigenvalue weighted by Crippen LogP contribution is 2.33. The van der Waals surface area contributed by atoms with Gasteiger partial charge in [0.15, 0.2) is 9.84 Å². The first-order valence-corrected chi connectivity index (χ1v) is 9.98. The van der Waals surface area contributed by atoms with Gasteiger partial charge in [-0.25, -0.2) is 18.0 Å². The van der Waals surface area contributed by atoms with Crippen LogP contribution in [0.5, 0.6) is 0 Å². The van der Waals surface area contributed by atoms with Gasteiger partial charge in [0.2, 0.25) is 0 Å². The zero-order chi connectivity index (χ0) is 19.9. The number of hydrogen-bond acceptors (Lipinski definition) is 5. The van der Waals surface area contributed by atoms with E-state index in [2.05, 4.69) is 0 Å². The van der Waals surface area contributed by atoms with Crippen LogP contribution in [0.1, 0.15) is 32.8 Å². The number of carboxylic acid groups (broad SMARTS) is 1. The molecule has 0 radical (unpaired) electrons. The molecule has 26 heavy (non-hydrogen) atoms. The standard InChI is InChI=1S/C17H22ClNO6S/c1-10-5-6-14(12(18)7-10)26(23,24)11-8-13(15(20)21)19(9-11)16(22)25-17(2,3)4/h5-7,11,13H,8-9H2,1-4H3,(H,20,21)/t11-,13+/m1/s1. The molecule has 1 N–H and O–H groups in total. The molecule has 0 bridgehead atoms. The Bertz CT molecular complexity index is 830. The Labute approximate surface area is 157 Å². The molecule has 0 unspecified atom stereocenters. The van der Waals surface area contributed by atoms with Crippen molar-refractivity contribution in [1.82, 2.24) is 4.90 Å². The molecule has 1 aliphatic heterocycles. The third-order valence-electron chi connectivity index (χ3n) is 4.01. The summed E-state index contributed by atoms with van der Waals surface area (Å²) >= 11 is 6.08. The molecule has 2 rings (SSSR count). The van der Waals surface area contributed by atoms with Crippen LogP contribution in [0.3, 0.4) is 0 Å². The van der Waals surface area contributed by atoms with E-state index in [1.165, 1.54) is 12.1 Å². The lowest BCUT2D eigenvalue weighted by molar-refractivity contribution is -0.142. The van der Waals surface area contributed by atoms with Gasteiger partial charge in [-0.05, 0) is 51.8 Å². The third kappa shape index (κ3) is 4.29. The van der Waals surface area contributed by atoms with Gasteiger partial charge in [0.05, 0.1) is 15.2 Å². The molecule has 1 aliphatic rings. The lowest BCUT2D eigenvalue weighted by Gasteiger charge is -2.26. The van der Waals surface area contributed by atoms with E-state index in [0.29, 0.717) is 0 Å². The molecule has 1 amide bonds. The summed E-state index contributed by atoms with van der Waals surface area (Å²) in [5.74, 6) is -1.27. The van der Waals surface area contributed by atoms with E-state index < -0.39 is 38.8 Å². The number of aryl methyl sites for hydroxylation is 1. The second kappa shape index (κ2) is 7.08. The number of sulfone groups is 1. The number of benzene rings is 1. The average Bonchev–Trinajstić information content (AvgIpc) is 2.91. The van der Waals surface area contributed by atoms with E-state index in [4.69, 9.17) is 16.3 Å². The first-order valence-electron chi connectivity index (χ1n) is 8.05. The van der Waals surface area contributed by atoms with Gasteiger partial charge in [0, 0.05) is 6.54 Å². The quantitative estimate of drug-likeness (QED) is 0.832. The molecule has 1 heterocycles. The Hall–Kier alpha value is -1.80. The van der Waals surface area contributed by atoms with Crippen molar-refractivity contribution in [2.45, 2.75) is 55.9 Å². The van der Waals surface area contributed by atoms with Crippen LogP contribution in [0, 0.1) is 6.92 Å². The number of carbonyl (C=O) groups is 2. The van der Waals surface area contributed by atoms with Gasteiger partial charge in [0.1, 0.15) is 11.6 Å². The van der Waals surface area contributed by atoms with Crippen LogP contribution < -0.4 is 0 Å². The second-order valence-corrected chi connectivity index (χ2v) is 9.93. The van der Waals surface area contributed by atoms with Crippen molar-refractivity contribution in [1.29, 1.82) is 0 Å². The van der Waals surface area contributed by atoms with Gasteiger partial charge >= 0.3 is 12.1 Å². The van der Waals surface area contributed by atoms with Gasteiger partial charge in [-0.3, -0.25) is 4.90 Å². The van der Waals surface area contributed by atoms with Crippen molar-refractivity contribution in [2.75, 3.05) is 6.54 Å². The van der Waals surface area contributed by atoms with Crippen LogP contribution in [0.4, 0.5) is 4.79 Å². The van der Waals surface area contributed by atoms with Crippen LogP contribution in [-0.2, 0) is 19.4 Å². The number of likely N-dealkylation sites (tertiary alicyclic amines) is 1. The minimum Gasteiger partial charge on any atom is -0.480 e. The fraction of sp³-hybridized carbons (Fsp3) is 0.529. The predicted molar refractivity (Wildman–Crippen MR) is 96.1 cm³/mol. The summed E-state index contributed by atoms with van der Waals surface area (Å²) in [5, 5.41) is 8.41. The summed E-state index contributed by atoms with van der Waals surface area (Å²) < 4.78 is 31.1.